The Morgan fingerprint density at radius 1 is 1.55 bits per heavy atom. The summed E-state index contributed by atoms with van der Waals surface area (Å²) in [5.74, 6) is 0. The van der Waals surface area contributed by atoms with E-state index in [0.29, 0.717) is 4.99 Å². The van der Waals surface area contributed by atoms with Crippen LogP contribution in [0.3, 0.4) is 0 Å². The molecule has 4 heteroatoms. The lowest BCUT2D eigenvalue weighted by Crippen LogP contribution is -2.47. The lowest BCUT2D eigenvalue weighted by Gasteiger charge is -2.34. The van der Waals surface area contributed by atoms with Crippen LogP contribution in [0, 0.1) is 0 Å². The van der Waals surface area contributed by atoms with Gasteiger partial charge in [-0.3, -0.25) is 0 Å². The predicted molar refractivity (Wildman–Crippen MR) is 55.1 cm³/mol. The molecule has 0 aromatic heterocycles. The van der Waals surface area contributed by atoms with Gasteiger partial charge in [0, 0.05) is 0 Å². The number of nitrogens with two attached hydrogens (primary N) is 1. The molecule has 3 N–H and O–H groups in total. The summed E-state index contributed by atoms with van der Waals surface area (Å²) >= 11 is 6.85. The number of piperidine rings is 1. The van der Waals surface area contributed by atoms with Crippen molar-refractivity contribution in [3.8, 4) is 0 Å². The van der Waals surface area contributed by atoms with Crippen LogP contribution in [0.5, 0.6) is 0 Å². The fourth-order valence-electron chi connectivity index (χ4n) is 1.38. The fourth-order valence-corrected chi connectivity index (χ4v) is 2.65. The normalized spacial score (nSPS) is 23.0. The summed E-state index contributed by atoms with van der Waals surface area (Å²) in [5, 5.41) is 3.30. The smallest absolute Gasteiger partial charge is 0.0891 e. The fraction of sp³-hybridized carbons (Fsp3) is 0.857. The first-order valence-corrected chi connectivity index (χ1v) is 5.40. The molecule has 2 nitrogen and oxygen atoms in total. The van der Waals surface area contributed by atoms with Crippen LogP contribution < -0.4 is 11.1 Å². The third-order valence-electron chi connectivity index (χ3n) is 2.25. The number of nitrogens with one attached hydrogen (secondary N) is 1. The van der Waals surface area contributed by atoms with Crippen molar-refractivity contribution in [2.24, 2.45) is 5.73 Å². The monoisotopic (exact) mass is 190 g/mol. The van der Waals surface area contributed by atoms with E-state index in [4.69, 9.17) is 18.0 Å². The first-order valence-electron chi connectivity index (χ1n) is 3.77. The summed E-state index contributed by atoms with van der Waals surface area (Å²) < 4.78 is 0.0839. The van der Waals surface area contributed by atoms with Crippen molar-refractivity contribution in [2.75, 3.05) is 19.3 Å². The number of rotatable bonds is 2. The van der Waals surface area contributed by atoms with Gasteiger partial charge in [-0.05, 0) is 32.2 Å². The summed E-state index contributed by atoms with van der Waals surface area (Å²) in [6, 6.07) is 0. The Morgan fingerprint density at radius 3 is 2.36 bits per heavy atom. The number of hydrogen-bond donors (Lipinski definition) is 2. The summed E-state index contributed by atoms with van der Waals surface area (Å²) in [7, 11) is 0. The van der Waals surface area contributed by atoms with Gasteiger partial charge in [-0.15, -0.1) is 0 Å². The highest BCUT2D eigenvalue weighted by molar-refractivity contribution is 8.01. The minimum Gasteiger partial charge on any atom is -0.392 e. The Balaban J connectivity index is 2.64. The third kappa shape index (κ3) is 1.86. The Morgan fingerprint density at radius 2 is 2.09 bits per heavy atom. The van der Waals surface area contributed by atoms with Gasteiger partial charge in [0.2, 0.25) is 0 Å². The number of thioether (sulfide) groups is 1. The first kappa shape index (κ1) is 9.29. The Labute approximate surface area is 77.3 Å². The highest BCUT2D eigenvalue weighted by Gasteiger charge is 2.33. The zero-order valence-electron chi connectivity index (χ0n) is 6.72. The van der Waals surface area contributed by atoms with E-state index in [1.54, 1.807) is 11.8 Å². The van der Waals surface area contributed by atoms with Crippen LogP contribution in [0.15, 0.2) is 0 Å². The highest BCUT2D eigenvalue weighted by Crippen LogP contribution is 2.32. The molecule has 0 radical (unpaired) electrons. The quantitative estimate of drug-likeness (QED) is 0.631. The topological polar surface area (TPSA) is 38.0 Å². The lowest BCUT2D eigenvalue weighted by molar-refractivity contribution is 0.488. The number of hydrogen-bond acceptors (Lipinski definition) is 3. The standard InChI is InChI=1S/C7H14N2S2/c1-11-7(6(8)10)2-4-9-5-3-7/h9H,2-5H2,1H3,(H2,8,10). The van der Waals surface area contributed by atoms with Crippen LogP contribution in [0.2, 0.25) is 0 Å². The summed E-state index contributed by atoms with van der Waals surface area (Å²) in [4.78, 5) is 0.673. The largest absolute Gasteiger partial charge is 0.392 e. The zero-order chi connectivity index (χ0) is 8.32. The summed E-state index contributed by atoms with van der Waals surface area (Å²) in [6.07, 6.45) is 4.23. The van der Waals surface area contributed by atoms with E-state index in [-0.39, 0.29) is 4.75 Å². The average Bonchev–Trinajstić information content (AvgIpc) is 2.05. The molecule has 0 spiro atoms. The minimum absolute atomic E-state index is 0.0839. The maximum atomic E-state index is 5.70. The van der Waals surface area contributed by atoms with E-state index in [0.717, 1.165) is 25.9 Å². The molecule has 0 aliphatic carbocycles. The SMILES string of the molecule is CSC1(C(N)=S)CCNCC1. The van der Waals surface area contributed by atoms with Gasteiger partial charge in [0.15, 0.2) is 0 Å². The van der Waals surface area contributed by atoms with Crippen LogP contribution >= 0.6 is 24.0 Å². The molecule has 0 aromatic rings. The lowest BCUT2D eigenvalue weighted by atomic mass is 9.97. The molecule has 1 rings (SSSR count). The van der Waals surface area contributed by atoms with Crippen molar-refractivity contribution in [1.82, 2.24) is 5.32 Å². The predicted octanol–water partition coefficient (Wildman–Crippen LogP) is 0.758. The van der Waals surface area contributed by atoms with Crippen LogP contribution in [0.25, 0.3) is 0 Å². The van der Waals surface area contributed by atoms with Gasteiger partial charge in [0.1, 0.15) is 0 Å². The Hall–Kier alpha value is 0.200. The van der Waals surface area contributed by atoms with E-state index in [9.17, 15) is 0 Å². The minimum atomic E-state index is 0.0839. The van der Waals surface area contributed by atoms with Gasteiger partial charge in [-0.1, -0.05) is 12.2 Å². The average molecular weight is 190 g/mol. The molecule has 1 saturated heterocycles. The molecule has 64 valence electrons. The second-order valence-corrected chi connectivity index (χ2v) is 4.44. The van der Waals surface area contributed by atoms with Gasteiger partial charge < -0.3 is 11.1 Å². The molecular formula is C7H14N2S2. The van der Waals surface area contributed by atoms with Crippen molar-refractivity contribution < 1.29 is 0 Å². The Bertz CT molecular complexity index is 153. The molecule has 11 heavy (non-hydrogen) atoms. The zero-order valence-corrected chi connectivity index (χ0v) is 8.36. The van der Waals surface area contributed by atoms with E-state index in [2.05, 4.69) is 11.6 Å². The van der Waals surface area contributed by atoms with Crippen LogP contribution in [0.1, 0.15) is 12.8 Å². The van der Waals surface area contributed by atoms with Gasteiger partial charge in [-0.2, -0.15) is 11.8 Å². The van der Waals surface area contributed by atoms with Crippen LogP contribution in [-0.4, -0.2) is 29.1 Å². The molecule has 1 aliphatic heterocycles. The molecule has 0 aromatic carbocycles. The summed E-state index contributed by atoms with van der Waals surface area (Å²) in [6.45, 7) is 2.08. The van der Waals surface area contributed by atoms with Crippen molar-refractivity contribution in [2.45, 2.75) is 17.6 Å². The molecule has 1 aliphatic rings. The second kappa shape index (κ2) is 3.74. The van der Waals surface area contributed by atoms with Crippen molar-refractivity contribution in [3.05, 3.63) is 0 Å². The number of thiocarbonyl (C=S) groups is 1. The maximum Gasteiger partial charge on any atom is 0.0891 e. The third-order valence-corrected chi connectivity index (χ3v) is 4.18. The van der Waals surface area contributed by atoms with E-state index >= 15 is 0 Å². The van der Waals surface area contributed by atoms with Crippen LogP contribution in [-0.2, 0) is 0 Å². The van der Waals surface area contributed by atoms with Crippen molar-refractivity contribution in [3.63, 3.8) is 0 Å². The second-order valence-electron chi connectivity index (χ2n) is 2.81. The molecular weight excluding hydrogens is 176 g/mol. The Kier molecular flexibility index (Phi) is 3.16. The van der Waals surface area contributed by atoms with Gasteiger partial charge >= 0.3 is 0 Å². The van der Waals surface area contributed by atoms with Gasteiger partial charge in [-0.25, -0.2) is 0 Å². The molecule has 1 heterocycles. The first-order chi connectivity index (χ1) is 5.21. The molecule has 0 saturated carbocycles. The molecule has 0 unspecified atom stereocenters. The summed E-state index contributed by atoms with van der Waals surface area (Å²) in [5.41, 5.74) is 5.70. The van der Waals surface area contributed by atoms with Crippen molar-refractivity contribution >= 4 is 29.0 Å². The van der Waals surface area contributed by atoms with Gasteiger partial charge in [0.25, 0.3) is 0 Å². The molecule has 0 amide bonds. The van der Waals surface area contributed by atoms with Crippen molar-refractivity contribution in [1.29, 1.82) is 0 Å². The highest BCUT2D eigenvalue weighted by atomic mass is 32.2. The van der Waals surface area contributed by atoms with Crippen LogP contribution in [0.4, 0.5) is 0 Å². The van der Waals surface area contributed by atoms with E-state index < -0.39 is 0 Å². The van der Waals surface area contributed by atoms with E-state index in [1.165, 1.54) is 0 Å². The maximum absolute atomic E-state index is 5.70. The molecule has 1 fully saturated rings. The van der Waals surface area contributed by atoms with E-state index in [1.807, 2.05) is 0 Å². The molecule has 0 bridgehead atoms. The van der Waals surface area contributed by atoms with Gasteiger partial charge in [0.05, 0.1) is 9.74 Å². The molecule has 0 atom stereocenters.